The van der Waals surface area contributed by atoms with Gasteiger partial charge in [0, 0.05) is 0 Å². The lowest BCUT2D eigenvalue weighted by Crippen LogP contribution is -2.24. The molecule has 0 heterocycles. The van der Waals surface area contributed by atoms with Crippen LogP contribution >= 0.6 is 0 Å². The Hall–Kier alpha value is -0.0500. The fourth-order valence-electron chi connectivity index (χ4n) is 1.87. The van der Waals surface area contributed by atoms with E-state index in [2.05, 4.69) is 0 Å². The normalized spacial score (nSPS) is 20.8. The van der Waals surface area contributed by atoms with Crippen molar-refractivity contribution in [1.29, 1.82) is 0 Å². The topological polar surface area (TPSA) is 34.1 Å². The van der Waals surface area contributed by atoms with Crippen molar-refractivity contribution >= 4 is 9.84 Å². The summed E-state index contributed by atoms with van der Waals surface area (Å²) in [7, 11) is -2.80. The lowest BCUT2D eigenvalue weighted by atomic mass is 9.91. The smallest absolute Gasteiger partial charge is 0.152 e. The van der Waals surface area contributed by atoms with Crippen LogP contribution in [0.15, 0.2) is 0 Å². The Morgan fingerprint density at radius 2 is 1.69 bits per heavy atom. The summed E-state index contributed by atoms with van der Waals surface area (Å²) in [5.74, 6) is 0.867. The van der Waals surface area contributed by atoms with E-state index in [4.69, 9.17) is 0 Å². The van der Waals surface area contributed by atoms with Crippen molar-refractivity contribution in [2.45, 2.75) is 51.2 Å². The molecule has 0 radical (unpaired) electrons. The minimum absolute atomic E-state index is 0.200. The summed E-state index contributed by atoms with van der Waals surface area (Å²) in [6.07, 6.45) is 5.96. The Labute approximate surface area is 81.6 Å². The first-order chi connectivity index (χ1) is 6.02. The molecule has 0 aromatic rings. The summed E-state index contributed by atoms with van der Waals surface area (Å²) < 4.78 is 23.2. The summed E-state index contributed by atoms with van der Waals surface area (Å²) in [5.41, 5.74) is 0. The molecule has 0 aliphatic heterocycles. The second-order valence-corrected chi connectivity index (χ2v) is 6.98. The van der Waals surface area contributed by atoms with Gasteiger partial charge in [-0.25, -0.2) is 8.42 Å². The lowest BCUT2D eigenvalue weighted by molar-refractivity contribution is 0.384. The molecule has 0 aromatic carbocycles. The predicted molar refractivity (Wildman–Crippen MR) is 55.5 cm³/mol. The number of sulfone groups is 1. The second kappa shape index (κ2) is 4.45. The van der Waals surface area contributed by atoms with Gasteiger partial charge < -0.3 is 0 Å². The molecule has 0 unspecified atom stereocenters. The molecule has 1 fully saturated rings. The molecule has 2 nitrogen and oxygen atoms in total. The maximum absolute atomic E-state index is 11.6. The maximum Gasteiger partial charge on any atom is 0.152 e. The fraction of sp³-hybridized carbons (Fsp3) is 1.00. The Bertz CT molecular complexity index is 236. The van der Waals surface area contributed by atoms with E-state index in [-0.39, 0.29) is 5.25 Å². The van der Waals surface area contributed by atoms with Crippen molar-refractivity contribution in [1.82, 2.24) is 0 Å². The van der Waals surface area contributed by atoms with Gasteiger partial charge in [0.2, 0.25) is 0 Å². The highest BCUT2D eigenvalue weighted by molar-refractivity contribution is 7.91. The summed E-state index contributed by atoms with van der Waals surface area (Å²) in [6.45, 7) is 3.55. The monoisotopic (exact) mass is 204 g/mol. The molecule has 13 heavy (non-hydrogen) atoms. The average Bonchev–Trinajstić information content (AvgIpc) is 2.05. The van der Waals surface area contributed by atoms with Crippen LogP contribution in [0.5, 0.6) is 0 Å². The van der Waals surface area contributed by atoms with Crippen LogP contribution in [0, 0.1) is 5.92 Å². The van der Waals surface area contributed by atoms with E-state index in [0.29, 0.717) is 11.7 Å². The first-order valence-electron chi connectivity index (χ1n) is 5.24. The highest BCUT2D eigenvalue weighted by atomic mass is 32.2. The van der Waals surface area contributed by atoms with Crippen molar-refractivity contribution in [3.63, 3.8) is 0 Å². The van der Waals surface area contributed by atoms with E-state index in [0.717, 1.165) is 12.8 Å². The molecular weight excluding hydrogens is 184 g/mol. The maximum atomic E-state index is 11.6. The van der Waals surface area contributed by atoms with Crippen LogP contribution in [0.3, 0.4) is 0 Å². The molecule has 1 aliphatic rings. The minimum Gasteiger partial charge on any atom is -0.229 e. The van der Waals surface area contributed by atoms with Gasteiger partial charge in [0.25, 0.3) is 0 Å². The van der Waals surface area contributed by atoms with Crippen LogP contribution in [0.25, 0.3) is 0 Å². The Morgan fingerprint density at radius 1 is 1.15 bits per heavy atom. The van der Waals surface area contributed by atoms with Crippen molar-refractivity contribution in [3.8, 4) is 0 Å². The number of hydrogen-bond donors (Lipinski definition) is 0. The van der Waals surface area contributed by atoms with Crippen LogP contribution in [0.1, 0.15) is 46.0 Å². The average molecular weight is 204 g/mol. The minimum atomic E-state index is -2.80. The Morgan fingerprint density at radius 3 is 2.15 bits per heavy atom. The van der Waals surface area contributed by atoms with Gasteiger partial charge in [-0.1, -0.05) is 19.3 Å². The first-order valence-corrected chi connectivity index (χ1v) is 6.95. The molecule has 0 amide bonds. The predicted octanol–water partition coefficient (Wildman–Crippen LogP) is 2.39. The van der Waals surface area contributed by atoms with Crippen molar-refractivity contribution in [2.24, 2.45) is 5.92 Å². The summed E-state index contributed by atoms with van der Waals surface area (Å²) in [4.78, 5) is 0. The van der Waals surface area contributed by atoms with E-state index in [1.165, 1.54) is 19.3 Å². The molecule has 1 rings (SSSR count). The van der Waals surface area contributed by atoms with Crippen molar-refractivity contribution < 1.29 is 8.42 Å². The zero-order chi connectivity index (χ0) is 9.90. The third-order valence-corrected chi connectivity index (χ3v) is 5.28. The summed E-state index contributed by atoms with van der Waals surface area (Å²) in [5, 5.41) is -0.200. The molecule has 0 aromatic heterocycles. The summed E-state index contributed by atoms with van der Waals surface area (Å²) >= 11 is 0. The van der Waals surface area contributed by atoms with Crippen LogP contribution < -0.4 is 0 Å². The molecule has 0 N–H and O–H groups in total. The molecule has 78 valence electrons. The third kappa shape index (κ3) is 3.29. The van der Waals surface area contributed by atoms with Crippen LogP contribution in [-0.4, -0.2) is 19.4 Å². The molecular formula is C10H20O2S. The quantitative estimate of drug-likeness (QED) is 0.707. The highest BCUT2D eigenvalue weighted by Crippen LogP contribution is 2.25. The van der Waals surface area contributed by atoms with Crippen LogP contribution in [0.4, 0.5) is 0 Å². The van der Waals surface area contributed by atoms with E-state index < -0.39 is 9.84 Å². The Kier molecular flexibility index (Phi) is 3.77. The van der Waals surface area contributed by atoms with Crippen molar-refractivity contribution in [2.75, 3.05) is 5.75 Å². The Balaban J connectivity index is 2.47. The molecule has 0 saturated heterocycles. The van der Waals surface area contributed by atoms with Gasteiger partial charge >= 0.3 is 0 Å². The third-order valence-electron chi connectivity index (χ3n) is 2.91. The summed E-state index contributed by atoms with van der Waals surface area (Å²) in [6, 6.07) is 0. The van der Waals surface area contributed by atoms with Gasteiger partial charge in [0.15, 0.2) is 9.84 Å². The second-order valence-electron chi connectivity index (χ2n) is 4.38. The number of rotatable bonds is 3. The van der Waals surface area contributed by atoms with E-state index >= 15 is 0 Å². The first kappa shape index (κ1) is 11.0. The van der Waals surface area contributed by atoms with E-state index in [9.17, 15) is 8.42 Å². The van der Waals surface area contributed by atoms with Gasteiger partial charge in [-0.3, -0.25) is 0 Å². The largest absolute Gasteiger partial charge is 0.229 e. The standard InChI is InChI=1S/C10H20O2S/c1-9(2)13(11,12)8-10-6-4-3-5-7-10/h9-10H,3-8H2,1-2H3. The van der Waals surface area contributed by atoms with Gasteiger partial charge in [0.1, 0.15) is 0 Å². The zero-order valence-corrected chi connectivity index (χ0v) is 9.44. The van der Waals surface area contributed by atoms with Gasteiger partial charge in [0.05, 0.1) is 11.0 Å². The van der Waals surface area contributed by atoms with Crippen molar-refractivity contribution in [3.05, 3.63) is 0 Å². The van der Waals surface area contributed by atoms with E-state index in [1.807, 2.05) is 0 Å². The zero-order valence-electron chi connectivity index (χ0n) is 8.62. The lowest BCUT2D eigenvalue weighted by Gasteiger charge is -2.22. The molecule has 0 atom stereocenters. The van der Waals surface area contributed by atoms with E-state index in [1.54, 1.807) is 13.8 Å². The molecule has 0 bridgehead atoms. The molecule has 3 heteroatoms. The molecule has 1 aliphatic carbocycles. The van der Waals surface area contributed by atoms with Gasteiger partial charge in [-0.2, -0.15) is 0 Å². The van der Waals surface area contributed by atoms with Crippen LogP contribution in [-0.2, 0) is 9.84 Å². The molecule has 0 spiro atoms. The van der Waals surface area contributed by atoms with Gasteiger partial charge in [-0.05, 0) is 32.6 Å². The highest BCUT2D eigenvalue weighted by Gasteiger charge is 2.23. The number of hydrogen-bond acceptors (Lipinski definition) is 2. The SMILES string of the molecule is CC(C)S(=O)(=O)CC1CCCCC1. The molecule has 1 saturated carbocycles. The fourth-order valence-corrected chi connectivity index (χ4v) is 3.25. The van der Waals surface area contributed by atoms with Gasteiger partial charge in [-0.15, -0.1) is 0 Å². The van der Waals surface area contributed by atoms with Crippen LogP contribution in [0.2, 0.25) is 0 Å².